The van der Waals surface area contributed by atoms with Crippen molar-refractivity contribution in [3.8, 4) is 0 Å². The van der Waals surface area contributed by atoms with Crippen LogP contribution < -0.4 is 10.2 Å². The minimum atomic E-state index is -0.000149. The van der Waals surface area contributed by atoms with Gasteiger partial charge in [-0.3, -0.25) is 4.79 Å². The van der Waals surface area contributed by atoms with E-state index in [4.69, 9.17) is 16.3 Å². The Balaban J connectivity index is 1.76. The van der Waals surface area contributed by atoms with Gasteiger partial charge in [-0.25, -0.2) is 4.98 Å². The molecular formula is C16H18ClN3O2S. The number of carbonyl (C=O) groups is 1. The number of fused-ring (bicyclic) bond motifs is 1. The van der Waals surface area contributed by atoms with Crippen molar-refractivity contribution in [2.24, 2.45) is 0 Å². The molecule has 0 bridgehead atoms. The molecule has 122 valence electrons. The van der Waals surface area contributed by atoms with Gasteiger partial charge < -0.3 is 15.0 Å². The van der Waals surface area contributed by atoms with Crippen LogP contribution in [0.2, 0.25) is 4.47 Å². The van der Waals surface area contributed by atoms with E-state index in [9.17, 15) is 4.79 Å². The van der Waals surface area contributed by atoms with Crippen molar-refractivity contribution in [1.29, 1.82) is 0 Å². The SMILES string of the molecule is COCC(=O)N1CCCc2ccc(NCc3cnc(Cl)s3)cc21. The molecular weight excluding hydrogens is 334 g/mol. The summed E-state index contributed by atoms with van der Waals surface area (Å²) in [6.45, 7) is 1.51. The second-order valence-corrected chi connectivity index (χ2v) is 7.06. The van der Waals surface area contributed by atoms with E-state index in [2.05, 4.69) is 16.4 Å². The molecule has 1 aromatic carbocycles. The fraction of sp³-hybridized carbons (Fsp3) is 0.375. The third-order valence-corrected chi connectivity index (χ3v) is 4.88. The van der Waals surface area contributed by atoms with Crippen molar-refractivity contribution in [2.75, 3.05) is 30.5 Å². The summed E-state index contributed by atoms with van der Waals surface area (Å²) in [4.78, 5) is 19.1. The number of nitrogens with one attached hydrogen (secondary N) is 1. The zero-order valence-corrected chi connectivity index (χ0v) is 14.4. The summed E-state index contributed by atoms with van der Waals surface area (Å²) in [6, 6.07) is 6.17. The molecule has 2 heterocycles. The van der Waals surface area contributed by atoms with Crippen LogP contribution in [0.15, 0.2) is 24.4 Å². The molecule has 5 nitrogen and oxygen atoms in total. The Hall–Kier alpha value is -1.63. The summed E-state index contributed by atoms with van der Waals surface area (Å²) in [6.07, 6.45) is 3.75. The van der Waals surface area contributed by atoms with Gasteiger partial charge in [0.25, 0.3) is 5.91 Å². The first-order chi connectivity index (χ1) is 11.2. The number of benzene rings is 1. The van der Waals surface area contributed by atoms with Gasteiger partial charge in [-0.15, -0.1) is 11.3 Å². The molecule has 0 unspecified atom stereocenters. The largest absolute Gasteiger partial charge is 0.380 e. The van der Waals surface area contributed by atoms with Crippen LogP contribution in [0.25, 0.3) is 0 Å². The number of ether oxygens (including phenoxy) is 1. The normalized spacial score (nSPS) is 13.7. The predicted molar refractivity (Wildman–Crippen MR) is 93.4 cm³/mol. The van der Waals surface area contributed by atoms with Gasteiger partial charge in [0.2, 0.25) is 0 Å². The van der Waals surface area contributed by atoms with E-state index >= 15 is 0 Å². The van der Waals surface area contributed by atoms with Crippen molar-refractivity contribution < 1.29 is 9.53 Å². The lowest BCUT2D eigenvalue weighted by atomic mass is 10.0. The molecule has 23 heavy (non-hydrogen) atoms. The van der Waals surface area contributed by atoms with Gasteiger partial charge in [-0.05, 0) is 30.5 Å². The first kappa shape index (κ1) is 16.2. The highest BCUT2D eigenvalue weighted by atomic mass is 35.5. The van der Waals surface area contributed by atoms with Crippen LogP contribution in [0, 0.1) is 0 Å². The third kappa shape index (κ3) is 3.83. The monoisotopic (exact) mass is 351 g/mol. The van der Waals surface area contributed by atoms with E-state index in [-0.39, 0.29) is 12.5 Å². The van der Waals surface area contributed by atoms with Gasteiger partial charge in [0.1, 0.15) is 6.61 Å². The van der Waals surface area contributed by atoms with Gasteiger partial charge in [-0.2, -0.15) is 0 Å². The van der Waals surface area contributed by atoms with E-state index in [0.29, 0.717) is 11.0 Å². The number of aromatic nitrogens is 1. The van der Waals surface area contributed by atoms with Crippen LogP contribution >= 0.6 is 22.9 Å². The van der Waals surface area contributed by atoms with Crippen molar-refractivity contribution in [2.45, 2.75) is 19.4 Å². The number of thiazole rings is 1. The Labute approximate surface area is 144 Å². The van der Waals surface area contributed by atoms with Crippen molar-refractivity contribution in [3.63, 3.8) is 0 Å². The van der Waals surface area contributed by atoms with Crippen molar-refractivity contribution in [1.82, 2.24) is 4.98 Å². The maximum Gasteiger partial charge on any atom is 0.252 e. The second kappa shape index (κ2) is 7.29. The van der Waals surface area contributed by atoms with Crippen LogP contribution in [-0.2, 0) is 22.5 Å². The Morgan fingerprint density at radius 1 is 1.52 bits per heavy atom. The van der Waals surface area contributed by atoms with E-state index in [1.54, 1.807) is 13.3 Å². The molecule has 1 amide bonds. The lowest BCUT2D eigenvalue weighted by Crippen LogP contribution is -2.37. The summed E-state index contributed by atoms with van der Waals surface area (Å²) in [5, 5.41) is 3.36. The van der Waals surface area contributed by atoms with E-state index in [1.807, 2.05) is 17.0 Å². The van der Waals surface area contributed by atoms with Crippen LogP contribution in [0.5, 0.6) is 0 Å². The number of anilines is 2. The molecule has 0 atom stereocenters. The zero-order chi connectivity index (χ0) is 16.2. The van der Waals surface area contributed by atoms with Crippen molar-refractivity contribution in [3.05, 3.63) is 39.3 Å². The smallest absolute Gasteiger partial charge is 0.252 e. The lowest BCUT2D eigenvalue weighted by molar-refractivity contribution is -0.122. The Morgan fingerprint density at radius 3 is 3.13 bits per heavy atom. The van der Waals surface area contributed by atoms with Gasteiger partial charge in [0.15, 0.2) is 4.47 Å². The van der Waals surface area contributed by atoms with Gasteiger partial charge in [-0.1, -0.05) is 17.7 Å². The first-order valence-corrected chi connectivity index (χ1v) is 8.63. The molecule has 2 aromatic rings. The number of methoxy groups -OCH3 is 1. The quantitative estimate of drug-likeness (QED) is 0.897. The molecule has 0 saturated heterocycles. The molecule has 1 aromatic heterocycles. The van der Waals surface area contributed by atoms with E-state index in [1.165, 1.54) is 16.9 Å². The predicted octanol–water partition coefficient (Wildman–Crippen LogP) is 3.33. The molecule has 1 N–H and O–H groups in total. The third-order valence-electron chi connectivity index (χ3n) is 3.76. The topological polar surface area (TPSA) is 54.5 Å². The molecule has 1 aliphatic heterocycles. The summed E-state index contributed by atoms with van der Waals surface area (Å²) in [5.74, 6) is -0.000149. The number of carbonyl (C=O) groups excluding carboxylic acids is 1. The standard InChI is InChI=1S/C16H18ClN3O2S/c1-22-10-15(21)20-6-2-3-11-4-5-12(7-14(11)20)18-8-13-9-19-16(17)23-13/h4-5,7,9,18H,2-3,6,8,10H2,1H3. The zero-order valence-electron chi connectivity index (χ0n) is 12.8. The summed E-state index contributed by atoms with van der Waals surface area (Å²) >= 11 is 7.30. The number of nitrogens with zero attached hydrogens (tertiary/aromatic N) is 2. The Morgan fingerprint density at radius 2 is 2.39 bits per heavy atom. The summed E-state index contributed by atoms with van der Waals surface area (Å²) < 4.78 is 5.53. The van der Waals surface area contributed by atoms with Gasteiger partial charge in [0, 0.05) is 36.1 Å². The number of rotatable bonds is 5. The number of aryl methyl sites for hydroxylation is 1. The molecule has 0 radical (unpaired) electrons. The maximum absolute atomic E-state index is 12.2. The number of amides is 1. The minimum absolute atomic E-state index is 0.000149. The van der Waals surface area contributed by atoms with E-state index < -0.39 is 0 Å². The lowest BCUT2D eigenvalue weighted by Gasteiger charge is -2.30. The highest BCUT2D eigenvalue weighted by Crippen LogP contribution is 2.30. The van der Waals surface area contributed by atoms with Crippen LogP contribution in [0.4, 0.5) is 11.4 Å². The van der Waals surface area contributed by atoms with Crippen molar-refractivity contribution >= 4 is 40.2 Å². The molecule has 0 fully saturated rings. The molecule has 3 rings (SSSR count). The minimum Gasteiger partial charge on any atom is -0.380 e. The molecule has 0 spiro atoms. The maximum atomic E-state index is 12.2. The summed E-state index contributed by atoms with van der Waals surface area (Å²) in [7, 11) is 1.54. The highest BCUT2D eigenvalue weighted by Gasteiger charge is 2.22. The molecule has 0 aliphatic carbocycles. The highest BCUT2D eigenvalue weighted by molar-refractivity contribution is 7.15. The van der Waals surface area contributed by atoms with Crippen LogP contribution in [-0.4, -0.2) is 31.2 Å². The molecule has 0 saturated carbocycles. The fourth-order valence-electron chi connectivity index (χ4n) is 2.70. The van der Waals surface area contributed by atoms with Gasteiger partial charge in [0.05, 0.1) is 6.54 Å². The van der Waals surface area contributed by atoms with Crippen LogP contribution in [0.1, 0.15) is 16.9 Å². The molecule has 7 heteroatoms. The number of hydrogen-bond acceptors (Lipinski definition) is 5. The van der Waals surface area contributed by atoms with Crippen LogP contribution in [0.3, 0.4) is 0 Å². The van der Waals surface area contributed by atoms with E-state index in [0.717, 1.165) is 35.6 Å². The average molecular weight is 352 g/mol. The average Bonchev–Trinajstić information content (AvgIpc) is 2.98. The second-order valence-electron chi connectivity index (χ2n) is 5.36. The number of halogens is 1. The van der Waals surface area contributed by atoms with Gasteiger partial charge >= 0.3 is 0 Å². The Kier molecular flexibility index (Phi) is 5.15. The Bertz CT molecular complexity index is 704. The first-order valence-electron chi connectivity index (χ1n) is 7.43. The molecule has 1 aliphatic rings. The summed E-state index contributed by atoms with van der Waals surface area (Å²) in [5.41, 5.74) is 3.16. The fourth-order valence-corrected chi connectivity index (χ4v) is 3.62. The number of hydrogen-bond donors (Lipinski definition) is 1.